The third-order valence-electron chi connectivity index (χ3n) is 1.39. The molecule has 0 aliphatic heterocycles. The quantitative estimate of drug-likeness (QED) is 0.844. The standard InChI is InChI=1S/C8H3BrClNO2/c9-5-1-4(3-11)2-6(10)7(5)8(12)13/h1-2H,(H,12,13). The van der Waals surface area contributed by atoms with Crippen molar-refractivity contribution >= 4 is 33.5 Å². The molecule has 0 heterocycles. The average molecular weight is 260 g/mol. The maximum Gasteiger partial charge on any atom is 0.338 e. The molecule has 13 heavy (non-hydrogen) atoms. The molecule has 0 aliphatic carbocycles. The fraction of sp³-hybridized carbons (Fsp3) is 0. The molecule has 1 aromatic rings. The zero-order chi connectivity index (χ0) is 10.0. The lowest BCUT2D eigenvalue weighted by atomic mass is 10.1. The predicted molar refractivity (Wildman–Crippen MR) is 50.8 cm³/mol. The maximum absolute atomic E-state index is 10.6. The molecule has 1 rings (SSSR count). The summed E-state index contributed by atoms with van der Waals surface area (Å²) in [6, 6.07) is 4.59. The molecule has 0 bridgehead atoms. The number of nitrogens with zero attached hydrogens (tertiary/aromatic N) is 1. The van der Waals surface area contributed by atoms with Gasteiger partial charge in [0.05, 0.1) is 22.2 Å². The van der Waals surface area contributed by atoms with Crippen LogP contribution in [0.5, 0.6) is 0 Å². The van der Waals surface area contributed by atoms with E-state index in [9.17, 15) is 4.79 Å². The third-order valence-corrected chi connectivity index (χ3v) is 2.31. The van der Waals surface area contributed by atoms with Crippen LogP contribution in [0.2, 0.25) is 5.02 Å². The van der Waals surface area contributed by atoms with Crippen LogP contribution >= 0.6 is 27.5 Å². The summed E-state index contributed by atoms with van der Waals surface area (Å²) < 4.78 is 0.309. The second kappa shape index (κ2) is 3.77. The second-order valence-electron chi connectivity index (χ2n) is 2.23. The highest BCUT2D eigenvalue weighted by Gasteiger charge is 2.14. The van der Waals surface area contributed by atoms with E-state index in [1.165, 1.54) is 12.1 Å². The van der Waals surface area contributed by atoms with E-state index in [2.05, 4.69) is 15.9 Å². The van der Waals surface area contributed by atoms with E-state index in [0.717, 1.165) is 0 Å². The molecule has 0 amide bonds. The van der Waals surface area contributed by atoms with Gasteiger partial charge in [0.2, 0.25) is 0 Å². The van der Waals surface area contributed by atoms with E-state index in [1.807, 2.05) is 6.07 Å². The Morgan fingerprint density at radius 3 is 2.62 bits per heavy atom. The number of nitriles is 1. The molecule has 66 valence electrons. The molecule has 0 spiro atoms. The summed E-state index contributed by atoms with van der Waals surface area (Å²) in [5.41, 5.74) is 0.294. The van der Waals surface area contributed by atoms with Crippen LogP contribution < -0.4 is 0 Å². The Bertz CT molecular complexity index is 388. The lowest BCUT2D eigenvalue weighted by molar-refractivity contribution is 0.0696. The van der Waals surface area contributed by atoms with Crippen molar-refractivity contribution in [3.05, 3.63) is 32.8 Å². The Morgan fingerprint density at radius 2 is 2.23 bits per heavy atom. The minimum atomic E-state index is -1.12. The summed E-state index contributed by atoms with van der Waals surface area (Å²) in [6.45, 7) is 0. The van der Waals surface area contributed by atoms with Crippen LogP contribution in [0.15, 0.2) is 16.6 Å². The zero-order valence-electron chi connectivity index (χ0n) is 6.21. The molecular formula is C8H3BrClNO2. The number of carboxylic acid groups (broad SMARTS) is 1. The van der Waals surface area contributed by atoms with Gasteiger partial charge in [0, 0.05) is 4.47 Å². The van der Waals surface area contributed by atoms with Crippen LogP contribution in [0, 0.1) is 11.3 Å². The van der Waals surface area contributed by atoms with E-state index in [1.54, 1.807) is 0 Å². The topological polar surface area (TPSA) is 61.1 Å². The fourth-order valence-electron chi connectivity index (χ4n) is 0.842. The number of carbonyl (C=O) groups is 1. The third kappa shape index (κ3) is 2.00. The Morgan fingerprint density at radius 1 is 1.62 bits per heavy atom. The number of aromatic carboxylic acids is 1. The van der Waals surface area contributed by atoms with Crippen LogP contribution in [-0.4, -0.2) is 11.1 Å². The van der Waals surface area contributed by atoms with Gasteiger partial charge in [-0.1, -0.05) is 11.6 Å². The van der Waals surface area contributed by atoms with Crippen LogP contribution in [0.25, 0.3) is 0 Å². The molecule has 0 aliphatic rings. The summed E-state index contributed by atoms with van der Waals surface area (Å²) >= 11 is 8.67. The summed E-state index contributed by atoms with van der Waals surface area (Å²) in [6.07, 6.45) is 0. The molecule has 0 saturated heterocycles. The summed E-state index contributed by atoms with van der Waals surface area (Å²) in [4.78, 5) is 10.6. The molecule has 0 saturated carbocycles. The van der Waals surface area contributed by atoms with Crippen molar-refractivity contribution in [1.29, 1.82) is 5.26 Å². The first-order valence-corrected chi connectivity index (χ1v) is 4.35. The van der Waals surface area contributed by atoms with E-state index in [0.29, 0.717) is 10.0 Å². The number of hydrogen-bond donors (Lipinski definition) is 1. The Hall–Kier alpha value is -1.05. The largest absolute Gasteiger partial charge is 0.478 e. The molecule has 1 N–H and O–H groups in total. The number of rotatable bonds is 1. The average Bonchev–Trinajstić information content (AvgIpc) is 2.02. The first kappa shape index (κ1) is 10.0. The molecule has 5 heteroatoms. The van der Waals surface area contributed by atoms with Crippen molar-refractivity contribution in [3.63, 3.8) is 0 Å². The molecule has 0 aromatic heterocycles. The number of hydrogen-bond acceptors (Lipinski definition) is 2. The molecule has 0 atom stereocenters. The van der Waals surface area contributed by atoms with Gasteiger partial charge in [0.15, 0.2) is 0 Å². The minimum Gasteiger partial charge on any atom is -0.478 e. The normalized spacial score (nSPS) is 9.31. The van der Waals surface area contributed by atoms with E-state index in [-0.39, 0.29) is 10.6 Å². The number of carboxylic acids is 1. The lowest BCUT2D eigenvalue weighted by Crippen LogP contribution is -1.99. The van der Waals surface area contributed by atoms with Gasteiger partial charge in [-0.25, -0.2) is 4.79 Å². The van der Waals surface area contributed by atoms with Crippen LogP contribution in [0.3, 0.4) is 0 Å². The van der Waals surface area contributed by atoms with E-state index < -0.39 is 5.97 Å². The molecule has 1 aromatic carbocycles. The smallest absolute Gasteiger partial charge is 0.338 e. The van der Waals surface area contributed by atoms with Crippen molar-refractivity contribution in [1.82, 2.24) is 0 Å². The van der Waals surface area contributed by atoms with Crippen molar-refractivity contribution in [2.45, 2.75) is 0 Å². The summed E-state index contributed by atoms with van der Waals surface area (Å²) in [5.74, 6) is -1.12. The monoisotopic (exact) mass is 259 g/mol. The van der Waals surface area contributed by atoms with Crippen LogP contribution in [-0.2, 0) is 0 Å². The highest BCUT2D eigenvalue weighted by Crippen LogP contribution is 2.26. The summed E-state index contributed by atoms with van der Waals surface area (Å²) in [5, 5.41) is 17.3. The first-order valence-electron chi connectivity index (χ1n) is 3.18. The van der Waals surface area contributed by atoms with E-state index >= 15 is 0 Å². The van der Waals surface area contributed by atoms with Gasteiger partial charge in [-0.05, 0) is 28.1 Å². The number of benzene rings is 1. The highest BCUT2D eigenvalue weighted by atomic mass is 79.9. The van der Waals surface area contributed by atoms with Gasteiger partial charge in [-0.3, -0.25) is 0 Å². The van der Waals surface area contributed by atoms with Gasteiger partial charge >= 0.3 is 5.97 Å². The van der Waals surface area contributed by atoms with Crippen molar-refractivity contribution in [3.8, 4) is 6.07 Å². The van der Waals surface area contributed by atoms with Gasteiger partial charge in [0.25, 0.3) is 0 Å². The fourth-order valence-corrected chi connectivity index (χ4v) is 1.89. The van der Waals surface area contributed by atoms with E-state index in [4.69, 9.17) is 22.0 Å². The molecule has 0 fully saturated rings. The zero-order valence-corrected chi connectivity index (χ0v) is 8.56. The molecule has 0 radical (unpaired) electrons. The van der Waals surface area contributed by atoms with Crippen molar-refractivity contribution in [2.75, 3.05) is 0 Å². The first-order chi connectivity index (χ1) is 6.06. The van der Waals surface area contributed by atoms with Gasteiger partial charge < -0.3 is 5.11 Å². The Balaban J connectivity index is 3.42. The molecular weight excluding hydrogens is 257 g/mol. The Labute approximate surface area is 87.7 Å². The second-order valence-corrected chi connectivity index (χ2v) is 3.49. The molecule has 3 nitrogen and oxygen atoms in total. The van der Waals surface area contributed by atoms with Gasteiger partial charge in [-0.15, -0.1) is 0 Å². The van der Waals surface area contributed by atoms with Gasteiger partial charge in [-0.2, -0.15) is 5.26 Å². The highest BCUT2D eigenvalue weighted by molar-refractivity contribution is 9.10. The lowest BCUT2D eigenvalue weighted by Gasteiger charge is -2.01. The summed E-state index contributed by atoms with van der Waals surface area (Å²) in [7, 11) is 0. The van der Waals surface area contributed by atoms with Gasteiger partial charge in [0.1, 0.15) is 0 Å². The predicted octanol–water partition coefficient (Wildman–Crippen LogP) is 2.67. The number of halogens is 2. The van der Waals surface area contributed by atoms with Crippen LogP contribution in [0.4, 0.5) is 0 Å². The Kier molecular flexibility index (Phi) is 2.91. The SMILES string of the molecule is N#Cc1cc(Cl)c(C(=O)O)c(Br)c1. The minimum absolute atomic E-state index is 0.0272. The molecule has 0 unspecified atom stereocenters. The van der Waals surface area contributed by atoms with Crippen molar-refractivity contribution < 1.29 is 9.90 Å². The maximum atomic E-state index is 10.6. The van der Waals surface area contributed by atoms with Crippen molar-refractivity contribution in [2.24, 2.45) is 0 Å². The van der Waals surface area contributed by atoms with Crippen LogP contribution in [0.1, 0.15) is 15.9 Å².